The second-order valence-corrected chi connectivity index (χ2v) is 5.91. The van der Waals surface area contributed by atoms with Crippen LogP contribution in [0.2, 0.25) is 10.0 Å². The highest BCUT2D eigenvalue weighted by atomic mass is 35.5. The van der Waals surface area contributed by atoms with Crippen molar-refractivity contribution in [2.75, 3.05) is 32.5 Å². The van der Waals surface area contributed by atoms with Gasteiger partial charge in [0, 0.05) is 26.7 Å². The van der Waals surface area contributed by atoms with Gasteiger partial charge in [-0.15, -0.1) is 0 Å². The Morgan fingerprint density at radius 1 is 1.26 bits per heavy atom. The van der Waals surface area contributed by atoms with Gasteiger partial charge in [-0.05, 0) is 23.6 Å². The minimum atomic E-state index is 0.444. The van der Waals surface area contributed by atoms with Gasteiger partial charge < -0.3 is 10.5 Å². The number of nitrogens with two attached hydrogens (primary N) is 1. The molecule has 2 N–H and O–H groups in total. The molecular weight excluding hydrogens is 283 g/mol. The van der Waals surface area contributed by atoms with E-state index < -0.39 is 0 Å². The van der Waals surface area contributed by atoms with E-state index >= 15 is 0 Å². The summed E-state index contributed by atoms with van der Waals surface area (Å²) in [4.78, 5) is 2.33. The van der Waals surface area contributed by atoms with E-state index in [9.17, 15) is 0 Å². The van der Waals surface area contributed by atoms with Crippen LogP contribution in [-0.4, -0.2) is 31.7 Å². The largest absolute Gasteiger partial charge is 0.396 e. The first-order valence-corrected chi connectivity index (χ1v) is 7.14. The Bertz CT molecular complexity index is 387. The number of rotatable bonds is 7. The smallest absolute Gasteiger partial charge is 0.0693 e. The van der Waals surface area contributed by atoms with Gasteiger partial charge in [0.05, 0.1) is 22.3 Å². The molecule has 0 atom stereocenters. The molecule has 3 nitrogen and oxygen atoms in total. The number of halogens is 2. The maximum atomic E-state index is 6.06. The normalized spacial score (nSPS) is 11.5. The summed E-state index contributed by atoms with van der Waals surface area (Å²) < 4.78 is 5.14. The minimum absolute atomic E-state index is 0.444. The van der Waals surface area contributed by atoms with Crippen LogP contribution in [0.15, 0.2) is 12.1 Å². The molecule has 0 aromatic heterocycles. The summed E-state index contributed by atoms with van der Waals surface area (Å²) in [6, 6.07) is 3.76. The van der Waals surface area contributed by atoms with Crippen molar-refractivity contribution in [2.45, 2.75) is 20.4 Å². The molecule has 1 aromatic rings. The van der Waals surface area contributed by atoms with E-state index in [0.29, 0.717) is 28.3 Å². The molecule has 19 heavy (non-hydrogen) atoms. The van der Waals surface area contributed by atoms with Crippen molar-refractivity contribution < 1.29 is 4.74 Å². The van der Waals surface area contributed by atoms with Gasteiger partial charge >= 0.3 is 0 Å². The molecule has 0 bridgehead atoms. The van der Waals surface area contributed by atoms with Crippen LogP contribution in [0.1, 0.15) is 19.4 Å². The first-order chi connectivity index (χ1) is 8.93. The third kappa shape index (κ3) is 5.57. The van der Waals surface area contributed by atoms with Crippen LogP contribution in [0.25, 0.3) is 0 Å². The third-order valence-electron chi connectivity index (χ3n) is 2.78. The number of hydrogen-bond acceptors (Lipinski definition) is 3. The third-order valence-corrected chi connectivity index (χ3v) is 3.41. The highest BCUT2D eigenvalue weighted by Gasteiger charge is 2.11. The summed E-state index contributed by atoms with van der Waals surface area (Å²) in [5.74, 6) is 0.594. The highest BCUT2D eigenvalue weighted by Crippen LogP contribution is 2.29. The lowest BCUT2D eigenvalue weighted by Crippen LogP contribution is -2.30. The molecule has 0 amide bonds. The summed E-state index contributed by atoms with van der Waals surface area (Å²) in [7, 11) is 1.71. The van der Waals surface area contributed by atoms with Gasteiger partial charge in [-0.2, -0.15) is 0 Å². The van der Waals surface area contributed by atoms with Gasteiger partial charge in [0.25, 0.3) is 0 Å². The number of ether oxygens (including phenoxy) is 1. The number of nitrogens with zero attached hydrogens (tertiary/aromatic N) is 1. The SMILES string of the molecule is COCCN(Cc1cc(Cl)c(N)c(Cl)c1)CC(C)C. The molecule has 0 unspecified atom stereocenters. The highest BCUT2D eigenvalue weighted by molar-refractivity contribution is 6.38. The Balaban J connectivity index is 2.77. The van der Waals surface area contributed by atoms with E-state index in [2.05, 4.69) is 18.7 Å². The fourth-order valence-electron chi connectivity index (χ4n) is 1.96. The van der Waals surface area contributed by atoms with Crippen molar-refractivity contribution in [3.05, 3.63) is 27.7 Å². The van der Waals surface area contributed by atoms with Gasteiger partial charge in [-0.25, -0.2) is 0 Å². The van der Waals surface area contributed by atoms with Crippen molar-refractivity contribution >= 4 is 28.9 Å². The van der Waals surface area contributed by atoms with Gasteiger partial charge in [0.15, 0.2) is 0 Å². The predicted octanol–water partition coefficient (Wildman–Crippen LogP) is 3.68. The monoisotopic (exact) mass is 304 g/mol. The summed E-state index contributed by atoms with van der Waals surface area (Å²) in [6.07, 6.45) is 0. The minimum Gasteiger partial charge on any atom is -0.396 e. The Hall–Kier alpha value is -0.480. The molecule has 0 saturated heterocycles. The van der Waals surface area contributed by atoms with Crippen LogP contribution in [-0.2, 0) is 11.3 Å². The van der Waals surface area contributed by atoms with E-state index in [1.54, 1.807) is 7.11 Å². The number of anilines is 1. The zero-order chi connectivity index (χ0) is 14.4. The second-order valence-electron chi connectivity index (χ2n) is 5.09. The van der Waals surface area contributed by atoms with Crippen molar-refractivity contribution in [3.8, 4) is 0 Å². The molecule has 0 aliphatic heterocycles. The van der Waals surface area contributed by atoms with Crippen molar-refractivity contribution in [1.29, 1.82) is 0 Å². The first-order valence-electron chi connectivity index (χ1n) is 6.38. The van der Waals surface area contributed by atoms with Crippen molar-refractivity contribution in [2.24, 2.45) is 5.92 Å². The maximum Gasteiger partial charge on any atom is 0.0693 e. The van der Waals surface area contributed by atoms with E-state index in [0.717, 1.165) is 25.2 Å². The average Bonchev–Trinajstić information content (AvgIpc) is 2.32. The van der Waals surface area contributed by atoms with Crippen LogP contribution < -0.4 is 5.73 Å². The van der Waals surface area contributed by atoms with Gasteiger partial charge in [0.2, 0.25) is 0 Å². The quantitative estimate of drug-likeness (QED) is 0.781. The molecule has 108 valence electrons. The van der Waals surface area contributed by atoms with Crippen molar-refractivity contribution in [3.63, 3.8) is 0 Å². The van der Waals surface area contributed by atoms with E-state index in [1.165, 1.54) is 0 Å². The standard InChI is InChI=1S/C14H22Cl2N2O/c1-10(2)8-18(4-5-19-3)9-11-6-12(15)14(17)13(16)7-11/h6-7,10H,4-5,8-9,17H2,1-3H3. The van der Waals surface area contributed by atoms with Gasteiger partial charge in [-0.1, -0.05) is 37.0 Å². The molecule has 0 spiro atoms. The van der Waals surface area contributed by atoms with Gasteiger partial charge in [0.1, 0.15) is 0 Å². The van der Waals surface area contributed by atoms with E-state index in [1.807, 2.05) is 12.1 Å². The molecule has 1 aromatic carbocycles. The van der Waals surface area contributed by atoms with Gasteiger partial charge in [-0.3, -0.25) is 4.90 Å². The summed E-state index contributed by atoms with van der Waals surface area (Å²) in [6.45, 7) is 7.78. The number of benzene rings is 1. The van der Waals surface area contributed by atoms with E-state index in [-0.39, 0.29) is 0 Å². The van der Waals surface area contributed by atoms with E-state index in [4.69, 9.17) is 33.7 Å². The van der Waals surface area contributed by atoms with Crippen molar-refractivity contribution in [1.82, 2.24) is 4.90 Å². The topological polar surface area (TPSA) is 38.5 Å². The summed E-state index contributed by atoms with van der Waals surface area (Å²) in [5.41, 5.74) is 7.26. The number of hydrogen-bond donors (Lipinski definition) is 1. The van der Waals surface area contributed by atoms with Crippen LogP contribution in [0.4, 0.5) is 5.69 Å². The maximum absolute atomic E-state index is 6.06. The zero-order valence-corrected chi connectivity index (χ0v) is 13.3. The molecule has 0 radical (unpaired) electrons. The molecule has 0 aliphatic rings. The van der Waals surface area contributed by atoms with Crippen LogP contribution >= 0.6 is 23.2 Å². The fourth-order valence-corrected chi connectivity index (χ4v) is 2.49. The Labute approximate surface area is 125 Å². The lowest BCUT2D eigenvalue weighted by molar-refractivity contribution is 0.136. The zero-order valence-electron chi connectivity index (χ0n) is 11.7. The lowest BCUT2D eigenvalue weighted by atomic mass is 10.1. The molecule has 0 fully saturated rings. The number of methoxy groups -OCH3 is 1. The van der Waals surface area contributed by atoms with Crippen LogP contribution in [0.3, 0.4) is 0 Å². The Morgan fingerprint density at radius 2 is 1.84 bits per heavy atom. The molecule has 0 saturated carbocycles. The molecule has 0 heterocycles. The Kier molecular flexibility index (Phi) is 6.94. The predicted molar refractivity (Wildman–Crippen MR) is 82.9 cm³/mol. The average molecular weight is 305 g/mol. The molecule has 0 aliphatic carbocycles. The summed E-state index contributed by atoms with van der Waals surface area (Å²) in [5, 5.41) is 1.03. The molecule has 5 heteroatoms. The molecule has 1 rings (SSSR count). The van der Waals surface area contributed by atoms with Crippen LogP contribution in [0, 0.1) is 5.92 Å². The summed E-state index contributed by atoms with van der Waals surface area (Å²) >= 11 is 12.1. The molecular formula is C14H22Cl2N2O. The second kappa shape index (κ2) is 7.95. The van der Waals surface area contributed by atoms with Crippen LogP contribution in [0.5, 0.6) is 0 Å². The number of nitrogen functional groups attached to an aromatic ring is 1. The first kappa shape index (κ1) is 16.6. The fraction of sp³-hybridized carbons (Fsp3) is 0.571. The lowest BCUT2D eigenvalue weighted by Gasteiger charge is -2.24. The Morgan fingerprint density at radius 3 is 2.32 bits per heavy atom.